The number of carbonyl (C=O) groups is 2. The van der Waals surface area contributed by atoms with Gasteiger partial charge in [0.25, 0.3) is 5.24 Å². The van der Waals surface area contributed by atoms with Gasteiger partial charge in [-0.15, -0.1) is 0 Å². The van der Waals surface area contributed by atoms with E-state index in [0.717, 1.165) is 18.2 Å². The van der Waals surface area contributed by atoms with Crippen LogP contribution in [0, 0.1) is 0 Å². The van der Waals surface area contributed by atoms with Gasteiger partial charge in [0, 0.05) is 6.54 Å². The zero-order chi connectivity index (χ0) is 11.0. The van der Waals surface area contributed by atoms with Crippen molar-refractivity contribution in [3.8, 4) is 0 Å². The van der Waals surface area contributed by atoms with Crippen molar-refractivity contribution in [1.29, 1.82) is 0 Å². The monoisotopic (exact) mass is 220 g/mol. The first-order valence-electron chi connectivity index (χ1n) is 4.38. The van der Waals surface area contributed by atoms with Gasteiger partial charge in [0.1, 0.15) is 6.04 Å². The predicted molar refractivity (Wildman–Crippen MR) is 56.4 cm³/mol. The molecule has 0 spiro atoms. The Morgan fingerprint density at radius 1 is 1.50 bits per heavy atom. The number of nitrogens with two attached hydrogens (primary N) is 1. The van der Waals surface area contributed by atoms with Gasteiger partial charge in [-0.3, -0.25) is 9.59 Å². The van der Waals surface area contributed by atoms with Gasteiger partial charge < -0.3 is 16.2 Å². The van der Waals surface area contributed by atoms with E-state index >= 15 is 0 Å². The Labute approximate surface area is 87.4 Å². The lowest BCUT2D eigenvalue weighted by Gasteiger charge is -2.06. The predicted octanol–water partition coefficient (Wildman–Crippen LogP) is 0.641. The number of aliphatic carboxylic acids is 1. The Morgan fingerprint density at radius 2 is 2.14 bits per heavy atom. The van der Waals surface area contributed by atoms with E-state index in [4.69, 9.17) is 10.8 Å². The highest BCUT2D eigenvalue weighted by molar-refractivity contribution is 8.12. The van der Waals surface area contributed by atoms with E-state index in [9.17, 15) is 9.59 Å². The van der Waals surface area contributed by atoms with Crippen LogP contribution in [0.4, 0.5) is 4.79 Å². The number of nitrogens with one attached hydrogen (secondary N) is 1. The van der Waals surface area contributed by atoms with Crippen LogP contribution in [0.1, 0.15) is 19.3 Å². The van der Waals surface area contributed by atoms with Crippen LogP contribution in [0.5, 0.6) is 0 Å². The summed E-state index contributed by atoms with van der Waals surface area (Å²) in [5.41, 5.74) is 5.29. The number of rotatable bonds is 6. The molecular formula is C8H16N2O3S. The van der Waals surface area contributed by atoms with Crippen molar-refractivity contribution in [3.05, 3.63) is 0 Å². The molecule has 0 radical (unpaired) electrons. The van der Waals surface area contributed by atoms with Gasteiger partial charge in [0.15, 0.2) is 0 Å². The number of thioether (sulfide) groups is 1. The number of hydrogen-bond acceptors (Lipinski definition) is 4. The zero-order valence-electron chi connectivity index (χ0n) is 8.16. The fourth-order valence-corrected chi connectivity index (χ4v) is 1.12. The average Bonchev–Trinajstić information content (AvgIpc) is 2.16. The SMILES string of the molecule is CSC(=O)NCCCCC(N)C(=O)O. The van der Waals surface area contributed by atoms with Crippen LogP contribution in [0.2, 0.25) is 0 Å². The van der Waals surface area contributed by atoms with E-state index in [1.807, 2.05) is 0 Å². The second-order valence-electron chi connectivity index (χ2n) is 2.86. The zero-order valence-corrected chi connectivity index (χ0v) is 8.97. The number of amides is 1. The van der Waals surface area contributed by atoms with E-state index in [-0.39, 0.29) is 5.24 Å². The molecule has 0 fully saturated rings. The lowest BCUT2D eigenvalue weighted by Crippen LogP contribution is -2.30. The molecule has 1 unspecified atom stereocenters. The summed E-state index contributed by atoms with van der Waals surface area (Å²) in [6.45, 7) is 0.575. The standard InChI is InChI=1S/C8H16N2O3S/c1-14-8(13)10-5-3-2-4-6(9)7(11)12/h6H,2-5,9H2,1H3,(H,10,13)(H,11,12). The first-order chi connectivity index (χ1) is 6.57. The summed E-state index contributed by atoms with van der Waals surface area (Å²) in [5.74, 6) is -0.974. The molecule has 0 saturated carbocycles. The molecule has 0 aromatic heterocycles. The van der Waals surface area contributed by atoms with Crippen molar-refractivity contribution in [2.75, 3.05) is 12.8 Å². The third kappa shape index (κ3) is 6.73. The summed E-state index contributed by atoms with van der Waals surface area (Å²) in [5, 5.41) is 11.1. The number of unbranched alkanes of at least 4 members (excludes halogenated alkanes) is 1. The molecular weight excluding hydrogens is 204 g/mol. The van der Waals surface area contributed by atoms with E-state index in [1.54, 1.807) is 6.26 Å². The number of carboxylic acid groups (broad SMARTS) is 1. The molecule has 0 rings (SSSR count). The van der Waals surface area contributed by atoms with Gasteiger partial charge in [-0.25, -0.2) is 0 Å². The van der Waals surface area contributed by atoms with Crippen molar-refractivity contribution >= 4 is 23.0 Å². The summed E-state index contributed by atoms with van der Waals surface area (Å²) in [6, 6.07) is -0.786. The summed E-state index contributed by atoms with van der Waals surface area (Å²) in [6.07, 6.45) is 3.62. The van der Waals surface area contributed by atoms with Crippen molar-refractivity contribution in [1.82, 2.24) is 5.32 Å². The molecule has 0 aromatic rings. The second-order valence-corrected chi connectivity index (χ2v) is 3.64. The molecule has 1 atom stereocenters. The largest absolute Gasteiger partial charge is 0.480 e. The molecule has 0 heterocycles. The van der Waals surface area contributed by atoms with E-state index < -0.39 is 12.0 Å². The van der Waals surface area contributed by atoms with Gasteiger partial charge in [0.2, 0.25) is 0 Å². The highest BCUT2D eigenvalue weighted by Gasteiger charge is 2.09. The van der Waals surface area contributed by atoms with Crippen LogP contribution in [0.15, 0.2) is 0 Å². The fourth-order valence-electron chi connectivity index (χ4n) is 0.875. The minimum absolute atomic E-state index is 0.0625. The molecule has 5 nitrogen and oxygen atoms in total. The van der Waals surface area contributed by atoms with Gasteiger partial charge in [-0.05, 0) is 25.5 Å². The van der Waals surface area contributed by atoms with Gasteiger partial charge >= 0.3 is 5.97 Å². The lowest BCUT2D eigenvalue weighted by atomic mass is 10.1. The van der Waals surface area contributed by atoms with E-state index in [2.05, 4.69) is 5.32 Å². The Kier molecular flexibility index (Phi) is 7.23. The van der Waals surface area contributed by atoms with Crippen LogP contribution >= 0.6 is 11.8 Å². The lowest BCUT2D eigenvalue weighted by molar-refractivity contribution is -0.138. The molecule has 82 valence electrons. The molecule has 0 aliphatic heterocycles. The highest BCUT2D eigenvalue weighted by Crippen LogP contribution is 1.99. The van der Waals surface area contributed by atoms with E-state index in [1.165, 1.54) is 0 Å². The molecule has 0 saturated heterocycles. The molecule has 4 N–H and O–H groups in total. The van der Waals surface area contributed by atoms with Crippen molar-refractivity contribution in [2.24, 2.45) is 5.73 Å². The third-order valence-corrected chi connectivity index (χ3v) is 2.23. The van der Waals surface area contributed by atoms with E-state index in [0.29, 0.717) is 19.4 Å². The smallest absolute Gasteiger partial charge is 0.320 e. The quantitative estimate of drug-likeness (QED) is 0.571. The van der Waals surface area contributed by atoms with Gasteiger partial charge in [-0.2, -0.15) is 0 Å². The van der Waals surface area contributed by atoms with Crippen LogP contribution < -0.4 is 11.1 Å². The van der Waals surface area contributed by atoms with Crippen molar-refractivity contribution in [3.63, 3.8) is 0 Å². The molecule has 0 aromatic carbocycles. The topological polar surface area (TPSA) is 92.4 Å². The minimum atomic E-state index is -0.974. The molecule has 14 heavy (non-hydrogen) atoms. The molecule has 6 heteroatoms. The number of hydrogen-bond donors (Lipinski definition) is 3. The maximum Gasteiger partial charge on any atom is 0.320 e. The Hall–Kier alpha value is -0.750. The Bertz CT molecular complexity index is 199. The molecule has 0 aliphatic carbocycles. The summed E-state index contributed by atoms with van der Waals surface area (Å²) in [7, 11) is 0. The number of carboxylic acids is 1. The van der Waals surface area contributed by atoms with Crippen molar-refractivity contribution in [2.45, 2.75) is 25.3 Å². The highest BCUT2D eigenvalue weighted by atomic mass is 32.2. The minimum Gasteiger partial charge on any atom is -0.480 e. The average molecular weight is 220 g/mol. The van der Waals surface area contributed by atoms with Crippen LogP contribution in [0.25, 0.3) is 0 Å². The maximum atomic E-state index is 10.8. The van der Waals surface area contributed by atoms with Crippen LogP contribution in [0.3, 0.4) is 0 Å². The molecule has 1 amide bonds. The Balaban J connectivity index is 3.30. The van der Waals surface area contributed by atoms with Gasteiger partial charge in [0.05, 0.1) is 0 Å². The third-order valence-electron chi connectivity index (χ3n) is 1.71. The fraction of sp³-hybridized carbons (Fsp3) is 0.750. The first kappa shape index (κ1) is 13.2. The Morgan fingerprint density at radius 3 is 2.64 bits per heavy atom. The molecule has 0 aliphatic rings. The van der Waals surface area contributed by atoms with Gasteiger partial charge in [-0.1, -0.05) is 11.8 Å². The van der Waals surface area contributed by atoms with Crippen molar-refractivity contribution < 1.29 is 14.7 Å². The summed E-state index contributed by atoms with van der Waals surface area (Å²) < 4.78 is 0. The normalized spacial score (nSPS) is 12.1. The second kappa shape index (κ2) is 7.64. The first-order valence-corrected chi connectivity index (χ1v) is 5.60. The maximum absolute atomic E-state index is 10.8. The van der Waals surface area contributed by atoms with Crippen LogP contribution in [-0.2, 0) is 4.79 Å². The summed E-state index contributed by atoms with van der Waals surface area (Å²) in [4.78, 5) is 21.1. The van der Waals surface area contributed by atoms with Crippen LogP contribution in [-0.4, -0.2) is 35.2 Å². The number of carbonyl (C=O) groups excluding carboxylic acids is 1. The summed E-state index contributed by atoms with van der Waals surface area (Å²) >= 11 is 1.13. The molecule has 0 bridgehead atoms.